The smallest absolute Gasteiger partial charge is 0.193 e. The number of nitrogens with one attached hydrogen (secondary N) is 1. The van der Waals surface area contributed by atoms with Crippen molar-refractivity contribution < 1.29 is 9.15 Å². The van der Waals surface area contributed by atoms with Gasteiger partial charge in [0.1, 0.15) is 5.76 Å². The molecule has 0 amide bonds. The highest BCUT2D eigenvalue weighted by molar-refractivity contribution is 7.10. The third kappa shape index (κ3) is 4.08. The van der Waals surface area contributed by atoms with Crippen molar-refractivity contribution >= 4 is 22.9 Å². The van der Waals surface area contributed by atoms with Crippen LogP contribution in [0.3, 0.4) is 0 Å². The number of hydrogen-bond donors (Lipinski definition) is 1. The summed E-state index contributed by atoms with van der Waals surface area (Å²) in [6.07, 6.45) is 0. The van der Waals surface area contributed by atoms with Crippen molar-refractivity contribution in [3.8, 4) is 0 Å². The SMILES string of the molecule is Clc1ccc(CNCC(c2cccs2)N2CCOCC2)o1. The fourth-order valence-electron chi connectivity index (χ4n) is 2.56. The van der Waals surface area contributed by atoms with Crippen LogP contribution in [0.2, 0.25) is 5.22 Å². The normalized spacial score (nSPS) is 18.0. The van der Waals surface area contributed by atoms with Gasteiger partial charge in [0, 0.05) is 24.5 Å². The zero-order valence-corrected chi connectivity index (χ0v) is 13.3. The van der Waals surface area contributed by atoms with Crippen LogP contribution in [0.4, 0.5) is 0 Å². The number of furan rings is 1. The molecule has 2 aromatic heterocycles. The minimum absolute atomic E-state index is 0.388. The molecular weight excluding hydrogens is 308 g/mol. The van der Waals surface area contributed by atoms with E-state index in [4.69, 9.17) is 20.8 Å². The van der Waals surface area contributed by atoms with E-state index in [1.807, 2.05) is 17.4 Å². The van der Waals surface area contributed by atoms with Gasteiger partial charge in [0.05, 0.1) is 25.8 Å². The van der Waals surface area contributed by atoms with Crippen LogP contribution in [0.25, 0.3) is 0 Å². The van der Waals surface area contributed by atoms with Crippen molar-refractivity contribution in [1.82, 2.24) is 10.2 Å². The molecular formula is C15H19ClN2O2S. The molecule has 1 aliphatic rings. The molecule has 1 aliphatic heterocycles. The highest BCUT2D eigenvalue weighted by Crippen LogP contribution is 2.25. The molecule has 0 aromatic carbocycles. The molecule has 1 saturated heterocycles. The Kier molecular flexibility index (Phi) is 5.32. The molecule has 4 nitrogen and oxygen atoms in total. The fourth-order valence-corrected chi connectivity index (χ4v) is 3.58. The molecule has 1 atom stereocenters. The average Bonchev–Trinajstić information content (AvgIpc) is 3.16. The first-order chi connectivity index (χ1) is 10.3. The summed E-state index contributed by atoms with van der Waals surface area (Å²) in [7, 11) is 0. The van der Waals surface area contributed by atoms with Crippen molar-refractivity contribution in [2.24, 2.45) is 0 Å². The molecule has 1 N–H and O–H groups in total. The summed E-state index contributed by atoms with van der Waals surface area (Å²) in [5.41, 5.74) is 0. The summed E-state index contributed by atoms with van der Waals surface area (Å²) in [6, 6.07) is 8.39. The number of hydrogen-bond acceptors (Lipinski definition) is 5. The number of rotatable bonds is 6. The molecule has 2 aromatic rings. The summed E-state index contributed by atoms with van der Waals surface area (Å²) in [6.45, 7) is 5.18. The van der Waals surface area contributed by atoms with Gasteiger partial charge in [0.25, 0.3) is 0 Å². The molecule has 0 spiro atoms. The van der Waals surface area contributed by atoms with Crippen molar-refractivity contribution in [3.63, 3.8) is 0 Å². The Labute approximate surface area is 133 Å². The first kappa shape index (κ1) is 15.1. The van der Waals surface area contributed by atoms with Crippen LogP contribution in [0, 0.1) is 0 Å². The lowest BCUT2D eigenvalue weighted by Crippen LogP contribution is -2.42. The van der Waals surface area contributed by atoms with E-state index < -0.39 is 0 Å². The van der Waals surface area contributed by atoms with Gasteiger partial charge in [0.15, 0.2) is 5.22 Å². The molecule has 21 heavy (non-hydrogen) atoms. The quantitative estimate of drug-likeness (QED) is 0.885. The first-order valence-corrected chi connectivity index (χ1v) is 8.39. The third-order valence-electron chi connectivity index (χ3n) is 3.62. The van der Waals surface area contributed by atoms with Crippen molar-refractivity contribution in [2.75, 3.05) is 32.8 Å². The number of ether oxygens (including phenoxy) is 1. The summed E-state index contributed by atoms with van der Waals surface area (Å²) >= 11 is 7.60. The monoisotopic (exact) mass is 326 g/mol. The highest BCUT2D eigenvalue weighted by atomic mass is 35.5. The molecule has 0 radical (unpaired) electrons. The van der Waals surface area contributed by atoms with Gasteiger partial charge in [0.2, 0.25) is 0 Å². The minimum Gasteiger partial charge on any atom is -0.448 e. The number of morpholine rings is 1. The Bertz CT molecular complexity index is 538. The van der Waals surface area contributed by atoms with Gasteiger partial charge in [-0.15, -0.1) is 11.3 Å². The Balaban J connectivity index is 1.59. The Morgan fingerprint density at radius 3 is 2.81 bits per heavy atom. The molecule has 1 unspecified atom stereocenters. The molecule has 3 rings (SSSR count). The zero-order valence-electron chi connectivity index (χ0n) is 11.8. The molecule has 6 heteroatoms. The molecule has 0 bridgehead atoms. The lowest BCUT2D eigenvalue weighted by Gasteiger charge is -2.34. The van der Waals surface area contributed by atoms with Gasteiger partial charge < -0.3 is 14.5 Å². The van der Waals surface area contributed by atoms with E-state index in [0.717, 1.165) is 38.6 Å². The van der Waals surface area contributed by atoms with Crippen molar-refractivity contribution in [2.45, 2.75) is 12.6 Å². The predicted molar refractivity (Wildman–Crippen MR) is 84.9 cm³/mol. The Morgan fingerprint density at radius 1 is 1.29 bits per heavy atom. The maximum atomic E-state index is 5.79. The van der Waals surface area contributed by atoms with Crippen molar-refractivity contribution in [3.05, 3.63) is 45.5 Å². The second kappa shape index (κ2) is 7.42. The van der Waals surface area contributed by atoms with Crippen LogP contribution in [0.1, 0.15) is 16.7 Å². The van der Waals surface area contributed by atoms with E-state index in [1.165, 1.54) is 4.88 Å². The minimum atomic E-state index is 0.388. The largest absolute Gasteiger partial charge is 0.448 e. The molecule has 0 saturated carbocycles. The van der Waals surface area contributed by atoms with Crippen LogP contribution in [0.5, 0.6) is 0 Å². The van der Waals surface area contributed by atoms with E-state index in [-0.39, 0.29) is 0 Å². The zero-order chi connectivity index (χ0) is 14.5. The van der Waals surface area contributed by atoms with E-state index >= 15 is 0 Å². The molecule has 0 aliphatic carbocycles. The van der Waals surface area contributed by atoms with Crippen LogP contribution in [-0.4, -0.2) is 37.7 Å². The lowest BCUT2D eigenvalue weighted by atomic mass is 10.2. The number of halogens is 1. The van der Waals surface area contributed by atoms with E-state index in [2.05, 4.69) is 27.7 Å². The second-order valence-electron chi connectivity index (χ2n) is 5.02. The van der Waals surface area contributed by atoms with E-state index in [0.29, 0.717) is 17.8 Å². The Morgan fingerprint density at radius 2 is 2.14 bits per heavy atom. The van der Waals surface area contributed by atoms with Gasteiger partial charge in [-0.25, -0.2) is 0 Å². The summed E-state index contributed by atoms with van der Waals surface area (Å²) in [5, 5.41) is 6.05. The topological polar surface area (TPSA) is 37.6 Å². The van der Waals surface area contributed by atoms with E-state index in [1.54, 1.807) is 6.07 Å². The number of thiophene rings is 1. The maximum absolute atomic E-state index is 5.79. The predicted octanol–water partition coefficient (Wildman–Crippen LogP) is 3.16. The first-order valence-electron chi connectivity index (χ1n) is 7.13. The third-order valence-corrected chi connectivity index (χ3v) is 4.80. The summed E-state index contributed by atoms with van der Waals surface area (Å²) < 4.78 is 10.8. The van der Waals surface area contributed by atoms with Crippen molar-refractivity contribution in [1.29, 1.82) is 0 Å². The van der Waals surface area contributed by atoms with E-state index in [9.17, 15) is 0 Å². The van der Waals surface area contributed by atoms with Crippen LogP contribution >= 0.6 is 22.9 Å². The summed E-state index contributed by atoms with van der Waals surface area (Å²) in [4.78, 5) is 3.87. The fraction of sp³-hybridized carbons (Fsp3) is 0.467. The van der Waals surface area contributed by atoms with Gasteiger partial charge in [-0.3, -0.25) is 4.90 Å². The Hall–Kier alpha value is -0.850. The standard InChI is InChI=1S/C15H19ClN2O2S/c16-15-4-3-12(20-15)10-17-11-13(14-2-1-9-21-14)18-5-7-19-8-6-18/h1-4,9,13,17H,5-8,10-11H2. The van der Waals surface area contributed by atoms with Gasteiger partial charge in [-0.1, -0.05) is 6.07 Å². The molecule has 1 fully saturated rings. The number of nitrogens with zero attached hydrogens (tertiary/aromatic N) is 1. The summed E-state index contributed by atoms with van der Waals surface area (Å²) in [5.74, 6) is 0.868. The average molecular weight is 327 g/mol. The molecule has 114 valence electrons. The van der Waals surface area contributed by atoms with Crippen LogP contribution in [-0.2, 0) is 11.3 Å². The molecule has 3 heterocycles. The van der Waals surface area contributed by atoms with Gasteiger partial charge >= 0.3 is 0 Å². The van der Waals surface area contributed by atoms with Gasteiger partial charge in [-0.05, 0) is 35.2 Å². The van der Waals surface area contributed by atoms with Crippen LogP contribution < -0.4 is 5.32 Å². The lowest BCUT2D eigenvalue weighted by molar-refractivity contribution is 0.0167. The maximum Gasteiger partial charge on any atom is 0.193 e. The van der Waals surface area contributed by atoms with Gasteiger partial charge in [-0.2, -0.15) is 0 Å². The second-order valence-corrected chi connectivity index (χ2v) is 6.37. The highest BCUT2D eigenvalue weighted by Gasteiger charge is 2.23. The van der Waals surface area contributed by atoms with Crippen LogP contribution in [0.15, 0.2) is 34.1 Å².